The normalized spacial score (nSPS) is 11.4. The maximum atomic E-state index is 4.61. The van der Waals surface area contributed by atoms with E-state index in [-0.39, 0.29) is 0 Å². The summed E-state index contributed by atoms with van der Waals surface area (Å²) < 4.78 is 0. The molecule has 0 saturated carbocycles. The molecule has 2 heterocycles. The Morgan fingerprint density at radius 2 is 2.11 bits per heavy atom. The van der Waals surface area contributed by atoms with Gasteiger partial charge in [-0.3, -0.25) is 0 Å². The third-order valence-electron chi connectivity index (χ3n) is 2.89. The lowest BCUT2D eigenvalue weighted by Crippen LogP contribution is -2.08. The number of rotatable bonds is 5. The van der Waals surface area contributed by atoms with Crippen LogP contribution in [0.3, 0.4) is 0 Å². The molecule has 0 aliphatic carbocycles. The predicted molar refractivity (Wildman–Crippen MR) is 79.5 cm³/mol. The third-order valence-corrected chi connectivity index (χ3v) is 3.84. The van der Waals surface area contributed by atoms with Crippen LogP contribution in [0.4, 0.5) is 5.82 Å². The zero-order chi connectivity index (χ0) is 13.1. The number of aromatic nitrogens is 2. The molecule has 1 N–H and O–H groups in total. The van der Waals surface area contributed by atoms with E-state index in [2.05, 4.69) is 49.0 Å². The van der Waals surface area contributed by atoms with Gasteiger partial charge in [-0.25, -0.2) is 9.97 Å². The second-order valence-corrected chi connectivity index (χ2v) is 6.26. The maximum Gasteiger partial charge on any atom is 0.138 e. The molecular weight excluding hydrogens is 242 g/mol. The summed E-state index contributed by atoms with van der Waals surface area (Å²) in [5.41, 5.74) is 0. The zero-order valence-electron chi connectivity index (χ0n) is 11.6. The van der Waals surface area contributed by atoms with Crippen molar-refractivity contribution in [2.45, 2.75) is 40.5 Å². The largest absolute Gasteiger partial charge is 0.369 e. The first-order valence-corrected chi connectivity index (χ1v) is 7.42. The Morgan fingerprint density at radius 1 is 1.33 bits per heavy atom. The number of nitrogens with zero attached hydrogens (tertiary/aromatic N) is 2. The Labute approximate surface area is 113 Å². The Morgan fingerprint density at radius 3 is 2.78 bits per heavy atom. The fourth-order valence-electron chi connectivity index (χ4n) is 1.86. The lowest BCUT2D eigenvalue weighted by atomic mass is 10.1. The Balaban J connectivity index is 2.28. The molecule has 4 heteroatoms. The van der Waals surface area contributed by atoms with Crippen molar-refractivity contribution in [3.05, 3.63) is 16.8 Å². The Bertz CT molecular complexity index is 531. The predicted octanol–water partition coefficient (Wildman–Crippen LogP) is 4.02. The van der Waals surface area contributed by atoms with E-state index in [0.29, 0.717) is 5.92 Å². The van der Waals surface area contributed by atoms with Gasteiger partial charge in [-0.15, -0.1) is 11.3 Å². The molecule has 0 atom stereocenters. The zero-order valence-corrected chi connectivity index (χ0v) is 12.4. The highest BCUT2D eigenvalue weighted by Crippen LogP contribution is 2.28. The van der Waals surface area contributed by atoms with Crippen molar-refractivity contribution in [2.75, 3.05) is 11.9 Å². The quantitative estimate of drug-likeness (QED) is 0.885. The lowest BCUT2D eigenvalue weighted by molar-refractivity contribution is 0.606. The average molecular weight is 263 g/mol. The lowest BCUT2D eigenvalue weighted by Gasteiger charge is -2.09. The maximum absolute atomic E-state index is 4.61. The molecule has 2 aromatic heterocycles. The van der Waals surface area contributed by atoms with Gasteiger partial charge in [-0.2, -0.15) is 0 Å². The van der Waals surface area contributed by atoms with Crippen LogP contribution in [0.25, 0.3) is 10.2 Å². The van der Waals surface area contributed by atoms with Crippen molar-refractivity contribution in [3.63, 3.8) is 0 Å². The average Bonchev–Trinajstić information content (AvgIpc) is 2.68. The van der Waals surface area contributed by atoms with Gasteiger partial charge >= 0.3 is 0 Å². The van der Waals surface area contributed by atoms with Gasteiger partial charge in [-0.05, 0) is 25.3 Å². The van der Waals surface area contributed by atoms with Gasteiger partial charge in [0.05, 0.1) is 5.39 Å². The number of aryl methyl sites for hydroxylation is 2. The fraction of sp³-hybridized carbons (Fsp3) is 0.571. The first-order chi connectivity index (χ1) is 8.60. The third kappa shape index (κ3) is 2.99. The van der Waals surface area contributed by atoms with Crippen molar-refractivity contribution in [1.82, 2.24) is 9.97 Å². The van der Waals surface area contributed by atoms with E-state index in [1.54, 1.807) is 11.3 Å². The van der Waals surface area contributed by atoms with E-state index in [1.165, 1.54) is 10.3 Å². The highest BCUT2D eigenvalue weighted by atomic mass is 32.1. The molecule has 0 unspecified atom stereocenters. The van der Waals surface area contributed by atoms with Gasteiger partial charge in [0, 0.05) is 17.8 Å². The molecule has 0 aromatic carbocycles. The molecule has 0 aliphatic heterocycles. The van der Waals surface area contributed by atoms with Crippen LogP contribution in [-0.2, 0) is 6.42 Å². The van der Waals surface area contributed by atoms with E-state index in [0.717, 1.165) is 35.9 Å². The minimum Gasteiger partial charge on any atom is -0.369 e. The molecular formula is C14H21N3S. The van der Waals surface area contributed by atoms with Crippen LogP contribution < -0.4 is 5.32 Å². The van der Waals surface area contributed by atoms with Gasteiger partial charge < -0.3 is 5.32 Å². The van der Waals surface area contributed by atoms with Crippen LogP contribution in [0.15, 0.2) is 6.07 Å². The van der Waals surface area contributed by atoms with E-state index >= 15 is 0 Å². The van der Waals surface area contributed by atoms with E-state index in [9.17, 15) is 0 Å². The van der Waals surface area contributed by atoms with Gasteiger partial charge in [-0.1, -0.05) is 20.8 Å². The first kappa shape index (κ1) is 13.3. The highest BCUT2D eigenvalue weighted by molar-refractivity contribution is 7.18. The molecule has 0 aliphatic rings. The molecule has 0 spiro atoms. The van der Waals surface area contributed by atoms with Gasteiger partial charge in [0.25, 0.3) is 0 Å². The molecule has 0 saturated heterocycles. The van der Waals surface area contributed by atoms with Crippen LogP contribution in [0.5, 0.6) is 0 Å². The van der Waals surface area contributed by atoms with Gasteiger partial charge in [0.2, 0.25) is 0 Å². The minimum absolute atomic E-state index is 0.713. The second kappa shape index (κ2) is 5.65. The summed E-state index contributed by atoms with van der Waals surface area (Å²) in [6.07, 6.45) is 2.04. The van der Waals surface area contributed by atoms with Crippen LogP contribution in [0.2, 0.25) is 0 Å². The number of hydrogen-bond acceptors (Lipinski definition) is 4. The van der Waals surface area contributed by atoms with Crippen molar-refractivity contribution >= 4 is 27.4 Å². The summed E-state index contributed by atoms with van der Waals surface area (Å²) in [7, 11) is 0. The molecule has 98 valence electrons. The van der Waals surface area contributed by atoms with Gasteiger partial charge in [0.15, 0.2) is 0 Å². The number of fused-ring (bicyclic) bond motifs is 1. The summed E-state index contributed by atoms with van der Waals surface area (Å²) in [5, 5.41) is 4.63. The molecule has 18 heavy (non-hydrogen) atoms. The second-order valence-electron chi connectivity index (χ2n) is 5.03. The van der Waals surface area contributed by atoms with Crippen molar-refractivity contribution in [3.8, 4) is 0 Å². The molecule has 0 radical (unpaired) electrons. The monoisotopic (exact) mass is 263 g/mol. The molecule has 3 nitrogen and oxygen atoms in total. The van der Waals surface area contributed by atoms with Crippen molar-refractivity contribution in [2.24, 2.45) is 5.92 Å². The smallest absolute Gasteiger partial charge is 0.138 e. The van der Waals surface area contributed by atoms with Crippen LogP contribution in [0, 0.1) is 12.8 Å². The summed E-state index contributed by atoms with van der Waals surface area (Å²) in [5.74, 6) is 2.64. The standard InChI is InChI=1S/C14H21N3S/c1-5-12-16-13(15-7-6-9(2)3)11-8-10(4)18-14(11)17-12/h8-9H,5-7H2,1-4H3,(H,15,16,17). The molecule has 0 fully saturated rings. The molecule has 2 rings (SSSR count). The van der Waals surface area contributed by atoms with E-state index in [4.69, 9.17) is 0 Å². The summed E-state index contributed by atoms with van der Waals surface area (Å²) in [6, 6.07) is 2.18. The fourth-order valence-corrected chi connectivity index (χ4v) is 2.76. The van der Waals surface area contributed by atoms with Gasteiger partial charge in [0.1, 0.15) is 16.5 Å². The Hall–Kier alpha value is -1.16. The summed E-state index contributed by atoms with van der Waals surface area (Å²) in [4.78, 5) is 11.6. The van der Waals surface area contributed by atoms with Crippen molar-refractivity contribution in [1.29, 1.82) is 0 Å². The molecule has 2 aromatic rings. The van der Waals surface area contributed by atoms with E-state index in [1.807, 2.05) is 0 Å². The SMILES string of the molecule is CCc1nc(NCCC(C)C)c2cc(C)sc2n1. The van der Waals surface area contributed by atoms with Crippen LogP contribution >= 0.6 is 11.3 Å². The molecule has 0 amide bonds. The van der Waals surface area contributed by atoms with E-state index < -0.39 is 0 Å². The number of nitrogens with one attached hydrogen (secondary N) is 1. The van der Waals surface area contributed by atoms with Crippen LogP contribution in [0.1, 0.15) is 37.9 Å². The number of anilines is 1. The Kier molecular flexibility index (Phi) is 4.17. The van der Waals surface area contributed by atoms with Crippen molar-refractivity contribution < 1.29 is 0 Å². The molecule has 0 bridgehead atoms. The van der Waals surface area contributed by atoms with Crippen LogP contribution in [-0.4, -0.2) is 16.5 Å². The topological polar surface area (TPSA) is 37.8 Å². The number of thiophene rings is 1. The summed E-state index contributed by atoms with van der Waals surface area (Å²) in [6.45, 7) is 9.67. The number of hydrogen-bond donors (Lipinski definition) is 1. The first-order valence-electron chi connectivity index (χ1n) is 6.61. The minimum atomic E-state index is 0.713. The summed E-state index contributed by atoms with van der Waals surface area (Å²) >= 11 is 1.74. The highest BCUT2D eigenvalue weighted by Gasteiger charge is 2.09.